The molecule has 180 valence electrons. The van der Waals surface area contributed by atoms with E-state index in [-0.39, 0.29) is 46.6 Å². The highest BCUT2D eigenvalue weighted by Gasteiger charge is 2.26. The molecular formula is C25H23ClFN5O3. The van der Waals surface area contributed by atoms with Crippen molar-refractivity contribution in [2.75, 3.05) is 10.6 Å². The maximum atomic E-state index is 14.9. The van der Waals surface area contributed by atoms with Crippen molar-refractivity contribution in [3.8, 4) is 11.1 Å². The lowest BCUT2D eigenvalue weighted by Gasteiger charge is -2.29. The molecule has 0 aliphatic carbocycles. The molecule has 3 aromatic rings. The van der Waals surface area contributed by atoms with Crippen LogP contribution in [0.4, 0.5) is 15.8 Å². The predicted octanol–water partition coefficient (Wildman–Crippen LogP) is 3.72. The molecule has 8 nitrogen and oxygen atoms in total. The Morgan fingerprint density at radius 1 is 1.20 bits per heavy atom. The lowest BCUT2D eigenvalue weighted by Crippen LogP contribution is -2.40. The summed E-state index contributed by atoms with van der Waals surface area (Å²) in [6.07, 6.45) is 1.58. The number of rotatable bonds is 5. The van der Waals surface area contributed by atoms with Gasteiger partial charge in [-0.25, -0.2) is 9.49 Å². The first-order chi connectivity index (χ1) is 16.8. The number of hydrogen-bond acceptors (Lipinski definition) is 5. The SMILES string of the molecule is CC1NC(CCC(=O)Nc2cc(Cl)c(-c3ccc4c(c3)NC(=O)C4)cc2F)Cc2cc(=O)[nH]nc21. The van der Waals surface area contributed by atoms with Crippen molar-refractivity contribution in [2.45, 2.75) is 44.7 Å². The summed E-state index contributed by atoms with van der Waals surface area (Å²) in [6.45, 7) is 1.95. The summed E-state index contributed by atoms with van der Waals surface area (Å²) >= 11 is 6.43. The second-order valence-electron chi connectivity index (χ2n) is 8.93. The van der Waals surface area contributed by atoms with Gasteiger partial charge in [0.15, 0.2) is 0 Å². The molecule has 0 spiro atoms. The number of carbonyl (C=O) groups is 2. The van der Waals surface area contributed by atoms with Gasteiger partial charge in [-0.2, -0.15) is 5.10 Å². The summed E-state index contributed by atoms with van der Waals surface area (Å²) in [5.74, 6) is -1.02. The first-order valence-electron chi connectivity index (χ1n) is 11.3. The van der Waals surface area contributed by atoms with Crippen LogP contribution in [0.15, 0.2) is 41.2 Å². The second-order valence-corrected chi connectivity index (χ2v) is 9.33. The molecule has 2 aliphatic rings. The van der Waals surface area contributed by atoms with Gasteiger partial charge in [0, 0.05) is 35.8 Å². The number of fused-ring (bicyclic) bond motifs is 2. The topological polar surface area (TPSA) is 116 Å². The number of benzene rings is 2. The minimum Gasteiger partial charge on any atom is -0.326 e. The molecule has 2 unspecified atom stereocenters. The fourth-order valence-electron chi connectivity index (χ4n) is 4.70. The van der Waals surface area contributed by atoms with Crippen molar-refractivity contribution in [3.63, 3.8) is 0 Å². The second kappa shape index (κ2) is 9.24. The Balaban J connectivity index is 1.24. The van der Waals surface area contributed by atoms with Crippen molar-refractivity contribution in [2.24, 2.45) is 0 Å². The summed E-state index contributed by atoms with van der Waals surface area (Å²) in [4.78, 5) is 35.7. The van der Waals surface area contributed by atoms with E-state index >= 15 is 0 Å². The largest absolute Gasteiger partial charge is 0.326 e. The number of nitrogens with one attached hydrogen (secondary N) is 4. The molecule has 2 atom stereocenters. The van der Waals surface area contributed by atoms with E-state index in [1.54, 1.807) is 18.2 Å². The molecular weight excluding hydrogens is 473 g/mol. The molecule has 0 bridgehead atoms. The van der Waals surface area contributed by atoms with Crippen LogP contribution in [0.5, 0.6) is 0 Å². The van der Waals surface area contributed by atoms with Crippen LogP contribution in [0, 0.1) is 5.82 Å². The zero-order valence-electron chi connectivity index (χ0n) is 18.9. The number of aromatic nitrogens is 2. The Morgan fingerprint density at radius 2 is 2.03 bits per heavy atom. The van der Waals surface area contributed by atoms with Crippen LogP contribution < -0.4 is 21.5 Å². The zero-order chi connectivity index (χ0) is 24.7. The Kier molecular flexibility index (Phi) is 6.12. The van der Waals surface area contributed by atoms with Crippen molar-refractivity contribution < 1.29 is 14.0 Å². The fraction of sp³-hybridized carbons (Fsp3) is 0.280. The molecule has 0 radical (unpaired) electrons. The summed E-state index contributed by atoms with van der Waals surface area (Å²) in [6, 6.07) is 9.52. The molecule has 2 aliphatic heterocycles. The average Bonchev–Trinajstić information content (AvgIpc) is 3.18. The molecule has 0 saturated heterocycles. The van der Waals surface area contributed by atoms with Gasteiger partial charge in [-0.15, -0.1) is 0 Å². The number of hydrogen-bond donors (Lipinski definition) is 4. The highest BCUT2D eigenvalue weighted by atomic mass is 35.5. The van der Waals surface area contributed by atoms with Gasteiger partial charge in [0.25, 0.3) is 5.56 Å². The zero-order valence-corrected chi connectivity index (χ0v) is 19.6. The highest BCUT2D eigenvalue weighted by molar-refractivity contribution is 6.33. The number of amides is 2. The van der Waals surface area contributed by atoms with E-state index < -0.39 is 5.82 Å². The van der Waals surface area contributed by atoms with Crippen molar-refractivity contribution >= 4 is 34.8 Å². The molecule has 35 heavy (non-hydrogen) atoms. The third-order valence-corrected chi connectivity index (χ3v) is 6.69. The summed E-state index contributed by atoms with van der Waals surface area (Å²) < 4.78 is 14.9. The van der Waals surface area contributed by atoms with Crippen LogP contribution >= 0.6 is 11.6 Å². The normalized spacial score (nSPS) is 18.5. The molecule has 5 rings (SSSR count). The highest BCUT2D eigenvalue weighted by Crippen LogP contribution is 2.36. The van der Waals surface area contributed by atoms with E-state index in [0.29, 0.717) is 36.1 Å². The number of anilines is 2. The van der Waals surface area contributed by atoms with E-state index in [1.807, 2.05) is 13.0 Å². The number of halogens is 2. The number of H-pyrrole nitrogens is 1. The molecule has 2 amide bonds. The molecule has 1 aromatic heterocycles. The van der Waals surface area contributed by atoms with Crippen LogP contribution in [0.1, 0.15) is 42.6 Å². The average molecular weight is 496 g/mol. The van der Waals surface area contributed by atoms with Crippen molar-refractivity contribution in [3.05, 3.63) is 74.4 Å². The smallest absolute Gasteiger partial charge is 0.264 e. The minimum absolute atomic E-state index is 0.00395. The molecule has 2 aromatic carbocycles. The van der Waals surface area contributed by atoms with Crippen LogP contribution in [-0.2, 0) is 22.4 Å². The number of nitrogens with zero attached hydrogens (tertiary/aromatic N) is 1. The lowest BCUT2D eigenvalue weighted by atomic mass is 9.93. The predicted molar refractivity (Wildman–Crippen MR) is 131 cm³/mol. The Labute approximate surface area is 205 Å². The number of aromatic amines is 1. The third kappa shape index (κ3) is 4.82. The van der Waals surface area contributed by atoms with Crippen LogP contribution in [0.3, 0.4) is 0 Å². The van der Waals surface area contributed by atoms with Crippen LogP contribution in [0.2, 0.25) is 5.02 Å². The molecule has 0 fully saturated rings. The van der Waals surface area contributed by atoms with Gasteiger partial charge < -0.3 is 16.0 Å². The van der Waals surface area contributed by atoms with Gasteiger partial charge in [-0.3, -0.25) is 14.4 Å². The van der Waals surface area contributed by atoms with E-state index in [0.717, 1.165) is 16.8 Å². The van der Waals surface area contributed by atoms with E-state index in [4.69, 9.17) is 11.6 Å². The van der Waals surface area contributed by atoms with Gasteiger partial charge >= 0.3 is 0 Å². The van der Waals surface area contributed by atoms with Gasteiger partial charge in [-0.1, -0.05) is 23.7 Å². The minimum atomic E-state index is -0.606. The molecule has 0 saturated carbocycles. The fourth-order valence-corrected chi connectivity index (χ4v) is 4.97. The molecule has 4 N–H and O–H groups in total. The van der Waals surface area contributed by atoms with Gasteiger partial charge in [0.1, 0.15) is 5.82 Å². The first-order valence-corrected chi connectivity index (χ1v) is 11.7. The Morgan fingerprint density at radius 3 is 2.86 bits per heavy atom. The monoisotopic (exact) mass is 495 g/mol. The van der Waals surface area contributed by atoms with Gasteiger partial charge in [0.2, 0.25) is 11.8 Å². The Hall–Kier alpha value is -3.56. The van der Waals surface area contributed by atoms with E-state index in [2.05, 4.69) is 26.1 Å². The lowest BCUT2D eigenvalue weighted by molar-refractivity contribution is -0.116. The van der Waals surface area contributed by atoms with Crippen LogP contribution in [-0.4, -0.2) is 28.1 Å². The van der Waals surface area contributed by atoms with Gasteiger partial charge in [-0.05, 0) is 54.7 Å². The molecule has 10 heteroatoms. The first kappa shape index (κ1) is 23.2. The quantitative estimate of drug-likeness (QED) is 0.430. The van der Waals surface area contributed by atoms with Crippen molar-refractivity contribution in [1.82, 2.24) is 15.5 Å². The maximum absolute atomic E-state index is 14.9. The summed E-state index contributed by atoms with van der Waals surface area (Å²) in [5, 5.41) is 15.6. The molecule has 3 heterocycles. The van der Waals surface area contributed by atoms with Gasteiger partial charge in [0.05, 0.1) is 22.8 Å². The maximum Gasteiger partial charge on any atom is 0.264 e. The van der Waals surface area contributed by atoms with Crippen molar-refractivity contribution in [1.29, 1.82) is 0 Å². The Bertz CT molecular complexity index is 1410. The van der Waals surface area contributed by atoms with E-state index in [1.165, 1.54) is 12.1 Å². The van der Waals surface area contributed by atoms with Crippen LogP contribution in [0.25, 0.3) is 11.1 Å². The van der Waals surface area contributed by atoms with E-state index in [9.17, 15) is 18.8 Å². The standard InChI is InChI=1S/C25H23ClFN5O3/c1-12-25-15(9-24(35)31-32-25)6-16(28-12)4-5-22(33)30-21-11-18(26)17(10-19(21)27)13-2-3-14-8-23(34)29-20(14)7-13/h2-3,7,9-12,16,28H,4-6,8H2,1H3,(H,29,34)(H,30,33)(H,31,35). The number of carbonyl (C=O) groups excluding carboxylic acids is 2. The third-order valence-electron chi connectivity index (χ3n) is 6.38. The summed E-state index contributed by atoms with van der Waals surface area (Å²) in [5.41, 5.74) is 4.12. The summed E-state index contributed by atoms with van der Waals surface area (Å²) in [7, 11) is 0.